The lowest BCUT2D eigenvalue weighted by Gasteiger charge is -2.04. The van der Waals surface area contributed by atoms with Crippen LogP contribution in [0.3, 0.4) is 0 Å². The molecule has 0 heterocycles. The summed E-state index contributed by atoms with van der Waals surface area (Å²) in [6.07, 6.45) is 0. The maximum atomic E-state index is 12.5. The molecule has 0 amide bonds. The highest BCUT2D eigenvalue weighted by Crippen LogP contribution is 2.01. The highest BCUT2D eigenvalue weighted by molar-refractivity contribution is 5.65. The first-order valence-corrected chi connectivity index (χ1v) is 4.77. The van der Waals surface area contributed by atoms with Gasteiger partial charge in [0.2, 0.25) is 0 Å². The van der Waals surface area contributed by atoms with Crippen molar-refractivity contribution < 1.29 is 13.9 Å². The predicted octanol–water partition coefficient (Wildman–Crippen LogP) is 1.48. The third-order valence-corrected chi connectivity index (χ3v) is 1.83. The van der Waals surface area contributed by atoms with Crippen molar-refractivity contribution in [1.82, 2.24) is 5.32 Å². The van der Waals surface area contributed by atoms with E-state index in [1.54, 1.807) is 12.1 Å². The molecule has 0 spiro atoms. The van der Waals surface area contributed by atoms with Gasteiger partial charge in [-0.15, -0.1) is 0 Å². The molecule has 0 saturated heterocycles. The van der Waals surface area contributed by atoms with Gasteiger partial charge in [0.15, 0.2) is 0 Å². The molecule has 3 nitrogen and oxygen atoms in total. The monoisotopic (exact) mass is 211 g/mol. The second kappa shape index (κ2) is 6.14. The molecule has 0 atom stereocenters. The predicted molar refractivity (Wildman–Crippen MR) is 54.7 cm³/mol. The number of carbonyl (C=O) groups excluding carboxylic acids is 1. The van der Waals surface area contributed by atoms with Crippen molar-refractivity contribution in [2.75, 3.05) is 13.2 Å². The Morgan fingerprint density at radius 3 is 2.67 bits per heavy atom. The van der Waals surface area contributed by atoms with Gasteiger partial charge in [0.05, 0.1) is 0 Å². The Kier molecular flexibility index (Phi) is 4.77. The Morgan fingerprint density at radius 2 is 2.07 bits per heavy atom. The van der Waals surface area contributed by atoms with Crippen LogP contribution in [0.1, 0.15) is 12.5 Å². The number of esters is 1. The summed E-state index contributed by atoms with van der Waals surface area (Å²) in [4.78, 5) is 10.4. The van der Waals surface area contributed by atoms with Crippen LogP contribution in [0.4, 0.5) is 4.39 Å². The third-order valence-electron chi connectivity index (χ3n) is 1.83. The fourth-order valence-electron chi connectivity index (χ4n) is 1.10. The van der Waals surface area contributed by atoms with Crippen LogP contribution in [0.5, 0.6) is 0 Å². The number of halogens is 1. The van der Waals surface area contributed by atoms with E-state index in [-0.39, 0.29) is 11.8 Å². The maximum Gasteiger partial charge on any atom is 0.302 e. The van der Waals surface area contributed by atoms with E-state index in [4.69, 9.17) is 4.74 Å². The molecule has 1 N–H and O–H groups in total. The Hall–Kier alpha value is -1.42. The van der Waals surface area contributed by atoms with Crippen LogP contribution >= 0.6 is 0 Å². The first-order chi connectivity index (χ1) is 7.18. The molecular formula is C11H14FNO2. The van der Waals surface area contributed by atoms with Gasteiger partial charge in [-0.05, 0) is 17.7 Å². The molecule has 0 unspecified atom stereocenters. The van der Waals surface area contributed by atoms with E-state index in [0.29, 0.717) is 19.7 Å². The summed E-state index contributed by atoms with van der Waals surface area (Å²) in [6, 6.07) is 6.27. The standard InChI is InChI=1S/C11H14FNO2/c1-9(14)15-7-6-13-8-10-2-4-11(12)5-3-10/h2-5,13H,6-8H2,1H3. The van der Waals surface area contributed by atoms with Crippen LogP contribution in [0, 0.1) is 5.82 Å². The average molecular weight is 211 g/mol. The lowest BCUT2D eigenvalue weighted by atomic mass is 10.2. The molecule has 0 fully saturated rings. The molecule has 1 aromatic carbocycles. The number of carbonyl (C=O) groups is 1. The van der Waals surface area contributed by atoms with Gasteiger partial charge in [-0.1, -0.05) is 12.1 Å². The molecule has 0 radical (unpaired) electrons. The molecule has 1 aromatic rings. The van der Waals surface area contributed by atoms with Gasteiger partial charge < -0.3 is 10.1 Å². The Bertz CT molecular complexity index is 311. The lowest BCUT2D eigenvalue weighted by molar-refractivity contribution is -0.140. The highest BCUT2D eigenvalue weighted by atomic mass is 19.1. The van der Waals surface area contributed by atoms with E-state index in [9.17, 15) is 9.18 Å². The molecule has 0 bridgehead atoms. The van der Waals surface area contributed by atoms with Gasteiger partial charge in [-0.2, -0.15) is 0 Å². The fourth-order valence-corrected chi connectivity index (χ4v) is 1.10. The largest absolute Gasteiger partial charge is 0.465 e. The van der Waals surface area contributed by atoms with Crippen molar-refractivity contribution in [3.63, 3.8) is 0 Å². The summed E-state index contributed by atoms with van der Waals surface area (Å²) in [5.41, 5.74) is 0.999. The zero-order valence-electron chi connectivity index (χ0n) is 8.63. The number of ether oxygens (including phenoxy) is 1. The molecule has 0 aliphatic heterocycles. The quantitative estimate of drug-likeness (QED) is 0.592. The molecule has 0 aliphatic rings. The molecule has 4 heteroatoms. The summed E-state index contributed by atoms with van der Waals surface area (Å²) in [6.45, 7) is 2.97. The van der Waals surface area contributed by atoms with Gasteiger partial charge in [0.1, 0.15) is 12.4 Å². The van der Waals surface area contributed by atoms with E-state index in [1.807, 2.05) is 0 Å². The zero-order chi connectivity index (χ0) is 11.1. The van der Waals surface area contributed by atoms with Gasteiger partial charge >= 0.3 is 5.97 Å². The molecule has 0 aliphatic carbocycles. The van der Waals surface area contributed by atoms with Crippen LogP contribution in [-0.4, -0.2) is 19.1 Å². The van der Waals surface area contributed by atoms with Crippen LogP contribution in [0.15, 0.2) is 24.3 Å². The SMILES string of the molecule is CC(=O)OCCNCc1ccc(F)cc1. The van der Waals surface area contributed by atoms with Gasteiger partial charge in [0, 0.05) is 20.0 Å². The van der Waals surface area contributed by atoms with E-state index in [1.165, 1.54) is 19.1 Å². The van der Waals surface area contributed by atoms with E-state index < -0.39 is 0 Å². The normalized spacial score (nSPS) is 10.0. The summed E-state index contributed by atoms with van der Waals surface area (Å²) in [5, 5.41) is 3.08. The molecule has 82 valence electrons. The summed E-state index contributed by atoms with van der Waals surface area (Å²) in [7, 11) is 0. The minimum atomic E-state index is -0.279. The lowest BCUT2D eigenvalue weighted by Crippen LogP contribution is -2.20. The molecule has 1 rings (SSSR count). The van der Waals surface area contributed by atoms with Gasteiger partial charge in [-0.25, -0.2) is 4.39 Å². The van der Waals surface area contributed by atoms with Crippen molar-refractivity contribution in [1.29, 1.82) is 0 Å². The Balaban J connectivity index is 2.15. The van der Waals surface area contributed by atoms with Gasteiger partial charge in [-0.3, -0.25) is 4.79 Å². The van der Waals surface area contributed by atoms with Crippen LogP contribution in [0.25, 0.3) is 0 Å². The summed E-state index contributed by atoms with van der Waals surface area (Å²) >= 11 is 0. The highest BCUT2D eigenvalue weighted by Gasteiger charge is 1.94. The van der Waals surface area contributed by atoms with Crippen molar-refractivity contribution in [3.05, 3.63) is 35.6 Å². The number of rotatable bonds is 5. The van der Waals surface area contributed by atoms with E-state index in [2.05, 4.69) is 5.32 Å². The average Bonchev–Trinajstić information content (AvgIpc) is 2.20. The minimum Gasteiger partial charge on any atom is -0.465 e. The van der Waals surface area contributed by atoms with Crippen molar-refractivity contribution >= 4 is 5.97 Å². The number of nitrogens with one attached hydrogen (secondary N) is 1. The Labute approximate surface area is 88.2 Å². The van der Waals surface area contributed by atoms with Crippen LogP contribution in [-0.2, 0) is 16.1 Å². The Morgan fingerprint density at radius 1 is 1.40 bits per heavy atom. The maximum absolute atomic E-state index is 12.5. The summed E-state index contributed by atoms with van der Waals surface area (Å²) < 4.78 is 17.3. The van der Waals surface area contributed by atoms with E-state index >= 15 is 0 Å². The summed E-state index contributed by atoms with van der Waals surface area (Å²) in [5.74, 6) is -0.516. The third kappa shape index (κ3) is 5.12. The number of benzene rings is 1. The van der Waals surface area contributed by atoms with Gasteiger partial charge in [0.25, 0.3) is 0 Å². The first-order valence-electron chi connectivity index (χ1n) is 4.77. The zero-order valence-corrected chi connectivity index (χ0v) is 8.63. The van der Waals surface area contributed by atoms with Crippen molar-refractivity contribution in [2.45, 2.75) is 13.5 Å². The number of hydrogen-bond acceptors (Lipinski definition) is 3. The molecular weight excluding hydrogens is 197 g/mol. The second-order valence-corrected chi connectivity index (χ2v) is 3.14. The second-order valence-electron chi connectivity index (χ2n) is 3.14. The smallest absolute Gasteiger partial charge is 0.302 e. The molecule has 15 heavy (non-hydrogen) atoms. The van der Waals surface area contributed by atoms with Crippen molar-refractivity contribution in [3.8, 4) is 0 Å². The first kappa shape index (κ1) is 11.7. The fraction of sp³-hybridized carbons (Fsp3) is 0.364. The minimum absolute atomic E-state index is 0.237. The van der Waals surface area contributed by atoms with Crippen molar-refractivity contribution in [2.24, 2.45) is 0 Å². The number of hydrogen-bond donors (Lipinski definition) is 1. The molecule has 0 aromatic heterocycles. The van der Waals surface area contributed by atoms with E-state index in [0.717, 1.165) is 5.56 Å². The molecule has 0 saturated carbocycles. The van der Waals surface area contributed by atoms with Crippen LogP contribution < -0.4 is 5.32 Å². The van der Waals surface area contributed by atoms with Crippen LogP contribution in [0.2, 0.25) is 0 Å². The topological polar surface area (TPSA) is 38.3 Å².